The second-order valence-corrected chi connectivity index (χ2v) is 10.3. The second-order valence-electron chi connectivity index (χ2n) is 8.79. The lowest BCUT2D eigenvalue weighted by Gasteiger charge is -2.44. The Morgan fingerprint density at radius 3 is 2.88 bits per heavy atom. The highest BCUT2D eigenvalue weighted by atomic mass is 35.5. The summed E-state index contributed by atoms with van der Waals surface area (Å²) in [5.41, 5.74) is -0.119. The van der Waals surface area contributed by atoms with Crippen molar-refractivity contribution in [1.29, 1.82) is 0 Å². The number of anilines is 1. The van der Waals surface area contributed by atoms with Gasteiger partial charge in [0.25, 0.3) is 0 Å². The van der Waals surface area contributed by atoms with Gasteiger partial charge in [0, 0.05) is 18.1 Å². The van der Waals surface area contributed by atoms with Gasteiger partial charge in [-0.25, -0.2) is 4.98 Å². The van der Waals surface area contributed by atoms with Gasteiger partial charge in [-0.15, -0.1) is 0 Å². The summed E-state index contributed by atoms with van der Waals surface area (Å²) in [6.07, 6.45) is 0.785. The topological polar surface area (TPSA) is 74.7 Å². The number of nitrogens with one attached hydrogen (secondary N) is 1. The minimum atomic E-state index is -0.927. The minimum absolute atomic E-state index is 0.136. The van der Waals surface area contributed by atoms with Crippen LogP contribution in [-0.2, 0) is 4.79 Å². The third kappa shape index (κ3) is 5.59. The van der Waals surface area contributed by atoms with Crippen LogP contribution in [-0.4, -0.2) is 52.2 Å². The number of carbonyl (C=O) groups is 1. The SMILES string of the molecule is CC(C)C[C@]1(O)CCN(CC(=O)Nc2nc3ccc(Cl)cc3s2)C[C@@H]1Oc1ccccc1. The number of fused-ring (bicyclic) bond motifs is 1. The number of benzene rings is 2. The van der Waals surface area contributed by atoms with Crippen molar-refractivity contribution in [2.24, 2.45) is 5.92 Å². The van der Waals surface area contributed by atoms with Crippen LogP contribution in [0.3, 0.4) is 0 Å². The lowest BCUT2D eigenvalue weighted by Crippen LogP contribution is -2.59. The molecule has 1 aliphatic heterocycles. The van der Waals surface area contributed by atoms with Crippen LogP contribution in [0.4, 0.5) is 5.13 Å². The van der Waals surface area contributed by atoms with Gasteiger partial charge in [0.05, 0.1) is 16.8 Å². The van der Waals surface area contributed by atoms with Crippen LogP contribution in [0.5, 0.6) is 5.75 Å². The highest BCUT2D eigenvalue weighted by Gasteiger charge is 2.43. The fourth-order valence-corrected chi connectivity index (χ4v) is 5.37. The first-order valence-electron chi connectivity index (χ1n) is 10.8. The normalized spacial score (nSPS) is 21.7. The van der Waals surface area contributed by atoms with Crippen molar-refractivity contribution >= 4 is 44.2 Å². The molecule has 6 nitrogen and oxygen atoms in total. The quantitative estimate of drug-likeness (QED) is 0.514. The fraction of sp³-hybridized carbons (Fsp3) is 0.417. The number of thiazole rings is 1. The van der Waals surface area contributed by atoms with Crippen molar-refractivity contribution in [3.8, 4) is 5.75 Å². The van der Waals surface area contributed by atoms with Crippen molar-refractivity contribution in [1.82, 2.24) is 9.88 Å². The van der Waals surface area contributed by atoms with Gasteiger partial charge < -0.3 is 15.2 Å². The Bertz CT molecular complexity index is 1070. The molecular weight excluding hydrogens is 446 g/mol. The minimum Gasteiger partial charge on any atom is -0.486 e. The first-order chi connectivity index (χ1) is 15.3. The monoisotopic (exact) mass is 473 g/mol. The molecule has 2 aromatic carbocycles. The summed E-state index contributed by atoms with van der Waals surface area (Å²) < 4.78 is 7.14. The summed E-state index contributed by atoms with van der Waals surface area (Å²) in [4.78, 5) is 19.2. The van der Waals surface area contributed by atoms with E-state index in [4.69, 9.17) is 16.3 Å². The number of aliphatic hydroxyl groups is 1. The zero-order chi connectivity index (χ0) is 22.7. The number of hydrogen-bond acceptors (Lipinski definition) is 6. The van der Waals surface area contributed by atoms with E-state index in [0.29, 0.717) is 42.0 Å². The Hall–Kier alpha value is -2.19. The van der Waals surface area contributed by atoms with Crippen molar-refractivity contribution < 1.29 is 14.6 Å². The van der Waals surface area contributed by atoms with E-state index in [0.717, 1.165) is 16.0 Å². The second kappa shape index (κ2) is 9.75. The number of hydrogen-bond donors (Lipinski definition) is 2. The standard InChI is InChI=1S/C24H28ClN3O3S/c1-16(2)13-24(30)10-11-28(14-21(24)31-18-6-4-3-5-7-18)15-22(29)27-23-26-19-9-8-17(25)12-20(19)32-23/h3-9,12,16,21,30H,10-11,13-15H2,1-2H3,(H,26,27,29)/t21-,24+/m0/s1. The summed E-state index contributed by atoms with van der Waals surface area (Å²) in [7, 11) is 0. The molecule has 1 saturated heterocycles. The molecule has 170 valence electrons. The summed E-state index contributed by atoms with van der Waals surface area (Å²) >= 11 is 7.44. The maximum absolute atomic E-state index is 12.7. The van der Waals surface area contributed by atoms with Crippen LogP contribution in [0.2, 0.25) is 5.02 Å². The number of amides is 1. The van der Waals surface area contributed by atoms with Gasteiger partial charge >= 0.3 is 0 Å². The van der Waals surface area contributed by atoms with E-state index < -0.39 is 11.7 Å². The Labute approximate surface area is 197 Å². The molecule has 0 saturated carbocycles. The third-order valence-electron chi connectivity index (χ3n) is 5.63. The fourth-order valence-electron chi connectivity index (χ4n) is 4.22. The Balaban J connectivity index is 1.42. The molecule has 0 radical (unpaired) electrons. The Kier molecular flexibility index (Phi) is 7.00. The maximum atomic E-state index is 12.7. The lowest BCUT2D eigenvalue weighted by atomic mass is 9.81. The molecule has 1 fully saturated rings. The molecule has 0 spiro atoms. The van der Waals surface area contributed by atoms with Gasteiger partial charge in [0.2, 0.25) is 5.91 Å². The smallest absolute Gasteiger partial charge is 0.240 e. The molecule has 0 bridgehead atoms. The predicted molar refractivity (Wildman–Crippen MR) is 130 cm³/mol. The molecule has 1 aliphatic rings. The Morgan fingerprint density at radius 2 is 2.12 bits per heavy atom. The molecule has 32 heavy (non-hydrogen) atoms. The van der Waals surface area contributed by atoms with Crippen molar-refractivity contribution in [2.45, 2.75) is 38.4 Å². The third-order valence-corrected chi connectivity index (χ3v) is 6.80. The zero-order valence-corrected chi connectivity index (χ0v) is 19.8. The molecule has 3 aromatic rings. The van der Waals surface area contributed by atoms with Crippen LogP contribution < -0.4 is 10.1 Å². The molecule has 0 aliphatic carbocycles. The number of carbonyl (C=O) groups excluding carboxylic acids is 1. The first-order valence-corrected chi connectivity index (χ1v) is 12.0. The van der Waals surface area contributed by atoms with Gasteiger partial charge in [-0.3, -0.25) is 9.69 Å². The van der Waals surface area contributed by atoms with E-state index in [9.17, 15) is 9.90 Å². The number of ether oxygens (including phenoxy) is 1. The number of aromatic nitrogens is 1. The molecule has 1 aromatic heterocycles. The van der Waals surface area contributed by atoms with Gasteiger partial charge in [0.1, 0.15) is 17.5 Å². The summed E-state index contributed by atoms with van der Waals surface area (Å²) in [5.74, 6) is 0.922. The van der Waals surface area contributed by atoms with Crippen LogP contribution >= 0.6 is 22.9 Å². The molecule has 0 unspecified atom stereocenters. The van der Waals surface area contributed by atoms with Crippen LogP contribution in [0.25, 0.3) is 10.2 Å². The Morgan fingerprint density at radius 1 is 1.34 bits per heavy atom. The largest absolute Gasteiger partial charge is 0.486 e. The van der Waals surface area contributed by atoms with Gasteiger partial charge in [-0.05, 0) is 49.1 Å². The highest BCUT2D eigenvalue weighted by molar-refractivity contribution is 7.22. The van der Waals surface area contributed by atoms with E-state index in [2.05, 4.69) is 24.1 Å². The number of nitrogens with zero attached hydrogens (tertiary/aromatic N) is 2. The molecule has 2 N–H and O–H groups in total. The van der Waals surface area contributed by atoms with Crippen molar-refractivity contribution in [3.63, 3.8) is 0 Å². The van der Waals surface area contributed by atoms with Gasteiger partial charge in [0.15, 0.2) is 5.13 Å². The van der Waals surface area contributed by atoms with Gasteiger partial charge in [-0.2, -0.15) is 0 Å². The van der Waals surface area contributed by atoms with E-state index in [1.807, 2.05) is 47.4 Å². The average Bonchev–Trinajstić information content (AvgIpc) is 3.12. The molecule has 8 heteroatoms. The summed E-state index contributed by atoms with van der Waals surface area (Å²) in [5, 5.41) is 15.5. The molecular formula is C24H28ClN3O3S. The van der Waals surface area contributed by atoms with E-state index in [1.165, 1.54) is 11.3 Å². The molecule has 2 atom stereocenters. The molecule has 2 heterocycles. The molecule has 1 amide bonds. The highest BCUT2D eigenvalue weighted by Crippen LogP contribution is 2.33. The van der Waals surface area contributed by atoms with Crippen LogP contribution in [0.15, 0.2) is 48.5 Å². The number of halogens is 1. The van der Waals surface area contributed by atoms with Crippen molar-refractivity contribution in [2.75, 3.05) is 25.0 Å². The average molecular weight is 474 g/mol. The summed E-state index contributed by atoms with van der Waals surface area (Å²) in [6, 6.07) is 15.0. The van der Waals surface area contributed by atoms with Crippen molar-refractivity contribution in [3.05, 3.63) is 53.6 Å². The number of rotatable bonds is 7. The van der Waals surface area contributed by atoms with Crippen LogP contribution in [0.1, 0.15) is 26.7 Å². The lowest BCUT2D eigenvalue weighted by molar-refractivity contribution is -0.129. The van der Waals surface area contributed by atoms with E-state index >= 15 is 0 Å². The zero-order valence-electron chi connectivity index (χ0n) is 18.3. The first kappa shape index (κ1) is 23.0. The number of piperidine rings is 1. The van der Waals surface area contributed by atoms with E-state index in [-0.39, 0.29) is 12.5 Å². The van der Waals surface area contributed by atoms with Gasteiger partial charge in [-0.1, -0.05) is 55.0 Å². The van der Waals surface area contributed by atoms with E-state index in [1.54, 1.807) is 6.07 Å². The molecule has 4 rings (SSSR count). The van der Waals surface area contributed by atoms with Crippen LogP contribution in [0, 0.1) is 5.92 Å². The summed E-state index contributed by atoms with van der Waals surface area (Å²) in [6.45, 7) is 5.51. The number of para-hydroxylation sites is 1. The predicted octanol–water partition coefficient (Wildman–Crippen LogP) is 4.82. The number of likely N-dealkylation sites (tertiary alicyclic amines) is 1. The maximum Gasteiger partial charge on any atom is 0.240 e.